The van der Waals surface area contributed by atoms with E-state index in [0.717, 1.165) is 37.2 Å². The number of hydrogen-bond acceptors (Lipinski definition) is 7. The fraction of sp³-hybridized carbons (Fsp3) is 0.500. The lowest BCUT2D eigenvalue weighted by Gasteiger charge is -2.28. The number of methoxy groups -OCH3 is 1. The van der Waals surface area contributed by atoms with Crippen molar-refractivity contribution in [2.75, 3.05) is 25.6 Å². The Bertz CT molecular complexity index is 853. The average molecular weight is 343 g/mol. The number of nitrogens with one attached hydrogen (secondary N) is 2. The van der Waals surface area contributed by atoms with E-state index in [2.05, 4.69) is 37.5 Å². The molecule has 0 aromatic carbocycles. The third-order valence-electron chi connectivity index (χ3n) is 4.66. The van der Waals surface area contributed by atoms with E-state index < -0.39 is 0 Å². The molecule has 3 aromatic rings. The zero-order valence-corrected chi connectivity index (χ0v) is 14.3. The molecule has 2 N–H and O–H groups in total. The van der Waals surface area contributed by atoms with Crippen LogP contribution in [0.4, 0.5) is 11.6 Å². The normalized spacial score (nSPS) is 16.9. The molecule has 0 bridgehead atoms. The summed E-state index contributed by atoms with van der Waals surface area (Å²) in [5, 5.41) is 14.5. The average Bonchev–Trinajstić information content (AvgIpc) is 3.28. The van der Waals surface area contributed by atoms with Crippen molar-refractivity contribution in [1.29, 1.82) is 0 Å². The molecule has 4 heterocycles. The van der Waals surface area contributed by atoms with E-state index in [-0.39, 0.29) is 6.04 Å². The minimum Gasteiger partial charge on any atom is -0.480 e. The zero-order chi connectivity index (χ0) is 17.2. The molecule has 0 amide bonds. The molecule has 1 unspecified atom stereocenters. The lowest BCUT2D eigenvalue weighted by molar-refractivity contribution is 0.0501. The molecule has 132 valence electrons. The first-order chi connectivity index (χ1) is 12.2. The van der Waals surface area contributed by atoms with Gasteiger partial charge in [0, 0.05) is 19.3 Å². The molecule has 9 heteroatoms. The highest BCUT2D eigenvalue weighted by molar-refractivity contribution is 5.72. The van der Waals surface area contributed by atoms with Crippen LogP contribution in [0.2, 0.25) is 0 Å². The SMILES string of the molecule is COc1cc(Nc2cnc3cnn(C(C)C4CCOCC4)c3n2)[nH]n1. The maximum Gasteiger partial charge on any atom is 0.234 e. The minimum absolute atomic E-state index is 0.248. The molecule has 0 spiro atoms. The minimum atomic E-state index is 0.248. The Morgan fingerprint density at radius 3 is 2.96 bits per heavy atom. The van der Waals surface area contributed by atoms with Gasteiger partial charge in [-0.3, -0.25) is 5.10 Å². The van der Waals surface area contributed by atoms with Gasteiger partial charge in [0.1, 0.15) is 11.3 Å². The molecule has 3 aromatic heterocycles. The molecular formula is C16H21N7O2. The van der Waals surface area contributed by atoms with Crippen LogP contribution in [-0.4, -0.2) is 50.3 Å². The lowest BCUT2D eigenvalue weighted by atomic mass is 9.93. The first kappa shape index (κ1) is 15.8. The van der Waals surface area contributed by atoms with Crippen LogP contribution >= 0.6 is 0 Å². The van der Waals surface area contributed by atoms with Gasteiger partial charge in [-0.15, -0.1) is 5.10 Å². The Balaban J connectivity index is 1.60. The van der Waals surface area contributed by atoms with Crippen molar-refractivity contribution in [2.45, 2.75) is 25.8 Å². The molecule has 0 aliphatic carbocycles. The summed E-state index contributed by atoms with van der Waals surface area (Å²) >= 11 is 0. The first-order valence-electron chi connectivity index (χ1n) is 8.39. The van der Waals surface area contributed by atoms with Crippen LogP contribution in [0, 0.1) is 5.92 Å². The van der Waals surface area contributed by atoms with Gasteiger partial charge in [0.25, 0.3) is 0 Å². The second-order valence-electron chi connectivity index (χ2n) is 6.19. The van der Waals surface area contributed by atoms with Crippen LogP contribution in [0.15, 0.2) is 18.5 Å². The molecule has 1 aliphatic heterocycles. The Kier molecular flexibility index (Phi) is 4.22. The van der Waals surface area contributed by atoms with E-state index in [4.69, 9.17) is 9.47 Å². The fourth-order valence-electron chi connectivity index (χ4n) is 3.19. The van der Waals surface area contributed by atoms with Gasteiger partial charge >= 0.3 is 0 Å². The monoisotopic (exact) mass is 343 g/mol. The Labute approximate surface area is 144 Å². The van der Waals surface area contributed by atoms with Gasteiger partial charge in [-0.05, 0) is 25.7 Å². The quantitative estimate of drug-likeness (QED) is 0.732. The molecule has 9 nitrogen and oxygen atoms in total. The van der Waals surface area contributed by atoms with Gasteiger partial charge < -0.3 is 14.8 Å². The van der Waals surface area contributed by atoms with E-state index in [1.54, 1.807) is 25.6 Å². The summed E-state index contributed by atoms with van der Waals surface area (Å²) in [6.45, 7) is 3.81. The van der Waals surface area contributed by atoms with Gasteiger partial charge in [-0.2, -0.15) is 5.10 Å². The summed E-state index contributed by atoms with van der Waals surface area (Å²) in [4.78, 5) is 9.14. The number of rotatable bonds is 5. The topological polar surface area (TPSA) is 103 Å². The predicted octanol–water partition coefficient (Wildman–Crippen LogP) is 2.29. The van der Waals surface area contributed by atoms with Crippen LogP contribution in [0.1, 0.15) is 25.8 Å². The number of anilines is 2. The highest BCUT2D eigenvalue weighted by Gasteiger charge is 2.24. The molecule has 1 fully saturated rings. The van der Waals surface area contributed by atoms with Crippen molar-refractivity contribution in [1.82, 2.24) is 29.9 Å². The molecule has 1 aliphatic rings. The van der Waals surface area contributed by atoms with Crippen molar-refractivity contribution in [2.24, 2.45) is 5.92 Å². The highest BCUT2D eigenvalue weighted by Crippen LogP contribution is 2.29. The number of nitrogens with zero attached hydrogens (tertiary/aromatic N) is 5. The summed E-state index contributed by atoms with van der Waals surface area (Å²) in [7, 11) is 1.57. The van der Waals surface area contributed by atoms with E-state index in [1.807, 2.05) is 4.68 Å². The Hall–Kier alpha value is -2.68. The molecule has 0 radical (unpaired) electrons. The van der Waals surface area contributed by atoms with Crippen molar-refractivity contribution in [3.8, 4) is 5.88 Å². The molecule has 1 saturated heterocycles. The van der Waals surface area contributed by atoms with E-state index in [1.165, 1.54) is 0 Å². The standard InChI is InChI=1S/C16H21N7O2/c1-10(11-3-5-25-6-4-11)23-16-12(8-18-23)17-9-14(20-16)19-13-7-15(24-2)22-21-13/h7-11H,3-6H2,1-2H3,(H2,19,20,21,22). The number of aromatic amines is 1. The Morgan fingerprint density at radius 1 is 1.36 bits per heavy atom. The van der Waals surface area contributed by atoms with Crippen molar-refractivity contribution in [3.63, 3.8) is 0 Å². The first-order valence-corrected chi connectivity index (χ1v) is 8.39. The number of hydrogen-bond donors (Lipinski definition) is 2. The smallest absolute Gasteiger partial charge is 0.234 e. The van der Waals surface area contributed by atoms with E-state index in [0.29, 0.717) is 23.4 Å². The van der Waals surface area contributed by atoms with Crippen LogP contribution in [0.25, 0.3) is 11.2 Å². The summed E-state index contributed by atoms with van der Waals surface area (Å²) in [5.41, 5.74) is 1.56. The maximum atomic E-state index is 5.46. The largest absolute Gasteiger partial charge is 0.480 e. The van der Waals surface area contributed by atoms with E-state index in [9.17, 15) is 0 Å². The van der Waals surface area contributed by atoms with Gasteiger partial charge in [0.05, 0.1) is 25.5 Å². The summed E-state index contributed by atoms with van der Waals surface area (Å²) in [5.74, 6) is 2.36. The molecular weight excluding hydrogens is 322 g/mol. The zero-order valence-electron chi connectivity index (χ0n) is 14.3. The van der Waals surface area contributed by atoms with Gasteiger partial charge in [0.2, 0.25) is 5.88 Å². The highest BCUT2D eigenvalue weighted by atomic mass is 16.5. The molecule has 0 saturated carbocycles. The molecule has 1 atom stereocenters. The van der Waals surface area contributed by atoms with Crippen molar-refractivity contribution >= 4 is 22.8 Å². The number of aromatic nitrogens is 6. The number of fused-ring (bicyclic) bond motifs is 1. The Morgan fingerprint density at radius 2 is 2.20 bits per heavy atom. The summed E-state index contributed by atoms with van der Waals surface area (Å²) in [6.07, 6.45) is 5.53. The third-order valence-corrected chi connectivity index (χ3v) is 4.66. The lowest BCUT2D eigenvalue weighted by Crippen LogP contribution is -2.24. The van der Waals surface area contributed by atoms with Gasteiger partial charge in [-0.25, -0.2) is 14.6 Å². The summed E-state index contributed by atoms with van der Waals surface area (Å²) < 4.78 is 12.5. The maximum absolute atomic E-state index is 5.46. The third kappa shape index (κ3) is 3.14. The second-order valence-corrected chi connectivity index (χ2v) is 6.19. The van der Waals surface area contributed by atoms with Crippen LogP contribution in [-0.2, 0) is 4.74 Å². The second kappa shape index (κ2) is 6.67. The van der Waals surface area contributed by atoms with Crippen LogP contribution in [0.5, 0.6) is 5.88 Å². The van der Waals surface area contributed by atoms with Crippen molar-refractivity contribution < 1.29 is 9.47 Å². The van der Waals surface area contributed by atoms with Gasteiger partial charge in [0.15, 0.2) is 11.5 Å². The predicted molar refractivity (Wildman–Crippen MR) is 92.0 cm³/mol. The van der Waals surface area contributed by atoms with Gasteiger partial charge in [-0.1, -0.05) is 0 Å². The fourth-order valence-corrected chi connectivity index (χ4v) is 3.19. The van der Waals surface area contributed by atoms with Crippen LogP contribution < -0.4 is 10.1 Å². The molecule has 4 rings (SSSR count). The summed E-state index contributed by atoms with van der Waals surface area (Å²) in [6, 6.07) is 2.01. The number of H-pyrrole nitrogens is 1. The van der Waals surface area contributed by atoms with E-state index >= 15 is 0 Å². The molecule has 25 heavy (non-hydrogen) atoms. The van der Waals surface area contributed by atoms with Crippen molar-refractivity contribution in [3.05, 3.63) is 18.5 Å². The number of ether oxygens (including phenoxy) is 2. The van der Waals surface area contributed by atoms with Crippen LogP contribution in [0.3, 0.4) is 0 Å².